The fourth-order valence-electron chi connectivity index (χ4n) is 6.45. The van der Waals surface area contributed by atoms with E-state index >= 15 is 0 Å². The van der Waals surface area contributed by atoms with Crippen molar-refractivity contribution in [3.8, 4) is 0 Å². The first-order chi connectivity index (χ1) is 35.0. The van der Waals surface area contributed by atoms with Crippen LogP contribution in [0.2, 0.25) is 0 Å². The predicted molar refractivity (Wildman–Crippen MR) is 306 cm³/mol. The molecule has 0 rings (SSSR count). The summed E-state index contributed by atoms with van der Waals surface area (Å²) >= 11 is 0. The van der Waals surface area contributed by atoms with Gasteiger partial charge in [0.25, 0.3) is 0 Å². The van der Waals surface area contributed by atoms with Crippen molar-refractivity contribution in [2.75, 3.05) is 13.2 Å². The van der Waals surface area contributed by atoms with Crippen molar-refractivity contribution in [1.29, 1.82) is 0 Å². The molecule has 0 heterocycles. The second kappa shape index (κ2) is 57.1. The maximum Gasteiger partial charge on any atom is 0.306 e. The first-order valence-corrected chi connectivity index (χ1v) is 27.3. The minimum atomic E-state index is -0.860. The second-order valence-corrected chi connectivity index (χ2v) is 17.0. The van der Waals surface area contributed by atoms with Gasteiger partial charge in [-0.05, 0) is 128 Å². The maximum absolute atomic E-state index is 12.8. The van der Waals surface area contributed by atoms with Gasteiger partial charge in [0, 0.05) is 19.3 Å². The SMILES string of the molecule is CCC=CCC=CCC=CCC=CCC=CCC=CCCC(=O)OCC(COC(=O)CCC=CCC=CCC=CCC=CCC=CCC=CCC)OC(=O)CCCCCCCC=CCC=CCC=CCC. The third-order valence-electron chi connectivity index (χ3n) is 10.4. The Balaban J connectivity index is 4.68. The van der Waals surface area contributed by atoms with Crippen molar-refractivity contribution in [3.63, 3.8) is 0 Å². The van der Waals surface area contributed by atoms with E-state index in [9.17, 15) is 14.4 Å². The van der Waals surface area contributed by atoms with Crippen LogP contribution in [0, 0.1) is 0 Å². The Labute approximate surface area is 434 Å². The lowest BCUT2D eigenvalue weighted by molar-refractivity contribution is -0.166. The van der Waals surface area contributed by atoms with Crippen LogP contribution in [0.3, 0.4) is 0 Å². The number of ether oxygens (including phenoxy) is 3. The van der Waals surface area contributed by atoms with E-state index < -0.39 is 6.10 Å². The van der Waals surface area contributed by atoms with Crippen LogP contribution in [0.5, 0.6) is 0 Å². The zero-order valence-electron chi connectivity index (χ0n) is 44.6. The number of carbonyl (C=O) groups excluding carboxylic acids is 3. The van der Waals surface area contributed by atoms with Gasteiger partial charge in [-0.15, -0.1) is 0 Å². The summed E-state index contributed by atoms with van der Waals surface area (Å²) < 4.78 is 16.7. The van der Waals surface area contributed by atoms with Gasteiger partial charge in [-0.3, -0.25) is 14.4 Å². The molecule has 0 aromatic heterocycles. The lowest BCUT2D eigenvalue weighted by atomic mass is 10.1. The molecule has 0 spiro atoms. The van der Waals surface area contributed by atoms with Crippen LogP contribution < -0.4 is 0 Å². The normalized spacial score (nSPS) is 13.6. The maximum atomic E-state index is 12.8. The number of hydrogen-bond donors (Lipinski definition) is 0. The Bertz CT molecular complexity index is 1640. The zero-order chi connectivity index (χ0) is 51.4. The molecule has 0 N–H and O–H groups in total. The number of hydrogen-bond acceptors (Lipinski definition) is 6. The van der Waals surface area contributed by atoms with Crippen molar-refractivity contribution in [3.05, 3.63) is 182 Å². The lowest BCUT2D eigenvalue weighted by Crippen LogP contribution is -2.30. The molecule has 6 heteroatoms. The molecule has 0 aromatic carbocycles. The molecule has 0 aliphatic carbocycles. The Kier molecular flexibility index (Phi) is 52.7. The van der Waals surface area contributed by atoms with Crippen molar-refractivity contribution in [2.24, 2.45) is 0 Å². The molecule has 0 saturated heterocycles. The quantitative estimate of drug-likeness (QED) is 0.0262. The molecule has 0 atom stereocenters. The van der Waals surface area contributed by atoms with Gasteiger partial charge < -0.3 is 14.2 Å². The molecular weight excluding hydrogens is 877 g/mol. The molecule has 6 nitrogen and oxygen atoms in total. The summed E-state index contributed by atoms with van der Waals surface area (Å²) in [5, 5.41) is 0. The molecule has 0 amide bonds. The summed E-state index contributed by atoms with van der Waals surface area (Å²) in [5.41, 5.74) is 0. The minimum Gasteiger partial charge on any atom is -0.462 e. The topological polar surface area (TPSA) is 78.9 Å². The average Bonchev–Trinajstić information content (AvgIpc) is 3.37. The van der Waals surface area contributed by atoms with Crippen LogP contribution >= 0.6 is 0 Å². The first-order valence-electron chi connectivity index (χ1n) is 27.3. The van der Waals surface area contributed by atoms with Crippen molar-refractivity contribution < 1.29 is 28.6 Å². The molecule has 0 saturated carbocycles. The number of esters is 3. The molecule has 0 unspecified atom stereocenters. The fraction of sp³-hybridized carbons (Fsp3) is 0.492. The van der Waals surface area contributed by atoms with Crippen molar-refractivity contribution >= 4 is 17.9 Å². The smallest absolute Gasteiger partial charge is 0.306 e. The summed E-state index contributed by atoms with van der Waals surface area (Å²) in [6, 6.07) is 0. The van der Waals surface area contributed by atoms with Crippen molar-refractivity contribution in [2.45, 2.75) is 194 Å². The van der Waals surface area contributed by atoms with Gasteiger partial charge >= 0.3 is 17.9 Å². The van der Waals surface area contributed by atoms with Gasteiger partial charge in [0.1, 0.15) is 13.2 Å². The molecular formula is C65H96O6. The Hall–Kier alpha value is -5.49. The number of rotatable bonds is 46. The molecule has 0 bridgehead atoms. The largest absolute Gasteiger partial charge is 0.462 e. The highest BCUT2D eigenvalue weighted by Crippen LogP contribution is 2.11. The average molecular weight is 973 g/mol. The molecule has 0 aliphatic rings. The molecule has 0 aromatic rings. The number of allylic oxidation sites excluding steroid dienone is 30. The molecule has 0 radical (unpaired) electrons. The minimum absolute atomic E-state index is 0.159. The van der Waals surface area contributed by atoms with Gasteiger partial charge in [-0.2, -0.15) is 0 Å². The summed E-state index contributed by atoms with van der Waals surface area (Å²) in [6.45, 7) is 6.12. The van der Waals surface area contributed by atoms with E-state index in [0.717, 1.165) is 135 Å². The Morgan fingerprint density at radius 2 is 0.535 bits per heavy atom. The highest BCUT2D eigenvalue weighted by Gasteiger charge is 2.19. The van der Waals surface area contributed by atoms with E-state index in [-0.39, 0.29) is 50.4 Å². The first kappa shape index (κ1) is 65.5. The summed E-state index contributed by atoms with van der Waals surface area (Å²) in [6.07, 6.45) is 86.1. The zero-order valence-corrected chi connectivity index (χ0v) is 44.6. The predicted octanol–water partition coefficient (Wildman–Crippen LogP) is 18.5. The van der Waals surface area contributed by atoms with Gasteiger partial charge in [0.15, 0.2) is 6.10 Å². The van der Waals surface area contributed by atoms with Crippen LogP contribution in [0.4, 0.5) is 0 Å². The molecule has 71 heavy (non-hydrogen) atoms. The lowest BCUT2D eigenvalue weighted by Gasteiger charge is -2.18. The highest BCUT2D eigenvalue weighted by atomic mass is 16.6. The number of unbranched alkanes of at least 4 members (excludes halogenated alkanes) is 5. The standard InChI is InChI=1S/C65H96O6/c1-4-7-10-13-16-19-22-25-28-30-32-34-37-39-42-45-48-51-54-57-63(66)69-60-62(71-65(68)59-56-53-50-47-44-41-36-27-24-21-18-15-12-9-6-3)61-70-64(67)58-55-52-49-46-43-40-38-35-33-31-29-26-23-20-17-14-11-8-5-2/h7-12,16-21,25-29,32-36,39-40,42-43,48-49,51-52,62H,4-6,13-15,22-24,30-31,37-38,41,44-47,50,53-61H2,1-3H3. The van der Waals surface area contributed by atoms with Crippen LogP contribution in [0.25, 0.3) is 0 Å². The fourth-order valence-corrected chi connectivity index (χ4v) is 6.45. The van der Waals surface area contributed by atoms with Gasteiger partial charge in [-0.1, -0.05) is 222 Å². The summed E-state index contributed by atoms with van der Waals surface area (Å²) in [7, 11) is 0. The third-order valence-corrected chi connectivity index (χ3v) is 10.4. The number of carbonyl (C=O) groups is 3. The van der Waals surface area contributed by atoms with Crippen LogP contribution in [0.15, 0.2) is 182 Å². The van der Waals surface area contributed by atoms with Gasteiger partial charge in [-0.25, -0.2) is 0 Å². The van der Waals surface area contributed by atoms with E-state index in [0.29, 0.717) is 12.8 Å². The van der Waals surface area contributed by atoms with E-state index in [1.54, 1.807) is 0 Å². The van der Waals surface area contributed by atoms with E-state index in [2.05, 4.69) is 179 Å². The van der Waals surface area contributed by atoms with Gasteiger partial charge in [0.2, 0.25) is 0 Å². The van der Waals surface area contributed by atoms with E-state index in [4.69, 9.17) is 14.2 Å². The third kappa shape index (κ3) is 55.3. The monoisotopic (exact) mass is 973 g/mol. The Morgan fingerprint density at radius 3 is 0.845 bits per heavy atom. The second-order valence-electron chi connectivity index (χ2n) is 17.0. The van der Waals surface area contributed by atoms with Crippen LogP contribution in [0.1, 0.15) is 188 Å². The molecule has 392 valence electrons. The highest BCUT2D eigenvalue weighted by molar-refractivity contribution is 5.71. The van der Waals surface area contributed by atoms with Gasteiger partial charge in [0.05, 0.1) is 0 Å². The van der Waals surface area contributed by atoms with E-state index in [1.165, 1.54) is 0 Å². The molecule has 0 aliphatic heterocycles. The molecule has 0 fully saturated rings. The van der Waals surface area contributed by atoms with E-state index in [1.807, 2.05) is 24.3 Å². The summed E-state index contributed by atoms with van der Waals surface area (Å²) in [5.74, 6) is -1.15. The van der Waals surface area contributed by atoms with Crippen LogP contribution in [-0.2, 0) is 28.6 Å². The van der Waals surface area contributed by atoms with Crippen LogP contribution in [-0.4, -0.2) is 37.2 Å². The Morgan fingerprint density at radius 1 is 0.282 bits per heavy atom. The summed E-state index contributed by atoms with van der Waals surface area (Å²) in [4.78, 5) is 38.1. The van der Waals surface area contributed by atoms with Crippen molar-refractivity contribution in [1.82, 2.24) is 0 Å².